The number of hydrogen-bond acceptors (Lipinski definition) is 4. The van der Waals surface area contributed by atoms with E-state index < -0.39 is 7.82 Å². The van der Waals surface area contributed by atoms with Gasteiger partial charge in [0.1, 0.15) is 0 Å². The molecular formula is FeLi2MnNiO5P+3. The molecule has 0 aromatic rings. The third-order valence-electron chi connectivity index (χ3n) is 0. The molecule has 0 saturated carbocycles. The van der Waals surface area contributed by atoms with Crippen LogP contribution in [0, 0.1) is 0 Å². The summed E-state index contributed by atoms with van der Waals surface area (Å²) in [5, 5.41) is 0. The molecule has 0 aromatic heterocycles. The maximum atomic E-state index is 8.55. The molecule has 11 heavy (non-hydrogen) atoms. The van der Waals surface area contributed by atoms with E-state index in [9.17, 15) is 0 Å². The van der Waals surface area contributed by atoms with Crippen molar-refractivity contribution in [3.8, 4) is 0 Å². The Labute approximate surface area is 120 Å². The molecule has 0 aromatic carbocycles. The van der Waals surface area contributed by atoms with E-state index in [1.54, 1.807) is 0 Å². The molecule has 59 valence electrons. The summed E-state index contributed by atoms with van der Waals surface area (Å²) in [4.78, 5) is 25.6. The predicted molar refractivity (Wildman–Crippen MR) is 8.29 cm³/mol. The molecule has 0 spiro atoms. The van der Waals surface area contributed by atoms with Crippen molar-refractivity contribution in [2.75, 3.05) is 0 Å². The molecule has 0 amide bonds. The van der Waals surface area contributed by atoms with Gasteiger partial charge in [0.05, 0.1) is 0 Å². The van der Waals surface area contributed by atoms with E-state index >= 15 is 0 Å². The summed E-state index contributed by atoms with van der Waals surface area (Å²) < 4.78 is 8.55. The van der Waals surface area contributed by atoms with Crippen LogP contribution in [0.4, 0.5) is 0 Å². The molecule has 0 heterocycles. The second-order valence-electron chi connectivity index (χ2n) is 0.447. The van der Waals surface area contributed by atoms with Crippen LogP contribution in [0.3, 0.4) is 0 Å². The van der Waals surface area contributed by atoms with Crippen LogP contribution in [-0.2, 0) is 60.7 Å². The normalized spacial score (nSPS) is 5.36. The molecule has 11 heteroatoms. The van der Waals surface area contributed by atoms with Gasteiger partial charge in [-0.25, -0.2) is 0 Å². The van der Waals surface area contributed by atoms with Crippen LogP contribution < -0.4 is 52.4 Å². The van der Waals surface area contributed by atoms with Gasteiger partial charge in [0.25, 0.3) is 0 Å². The van der Waals surface area contributed by atoms with Gasteiger partial charge >= 0.3 is 88.3 Å². The third kappa shape index (κ3) is 191. The molecule has 0 fully saturated rings. The molecule has 0 aliphatic rings. The molecule has 0 aliphatic carbocycles. The fourth-order valence-corrected chi connectivity index (χ4v) is 0. The second kappa shape index (κ2) is 23.0. The Bertz CT molecular complexity index is 70.6. The van der Waals surface area contributed by atoms with Crippen LogP contribution in [0.2, 0.25) is 0 Å². The Kier molecular flexibility index (Phi) is 102. The molecule has 5 nitrogen and oxygen atoms in total. The predicted octanol–water partition coefficient (Wildman–Crippen LogP) is -8.94. The molecule has 0 aliphatic heterocycles. The van der Waals surface area contributed by atoms with Crippen LogP contribution in [0.25, 0.3) is 0 Å². The van der Waals surface area contributed by atoms with E-state index in [0.29, 0.717) is 0 Å². The van der Waals surface area contributed by atoms with Crippen molar-refractivity contribution in [1.82, 2.24) is 0 Å². The summed E-state index contributed by atoms with van der Waals surface area (Å²) in [7, 11) is -5.39. The van der Waals surface area contributed by atoms with E-state index in [2.05, 4.69) is 0 Å². The summed E-state index contributed by atoms with van der Waals surface area (Å²) >= 11 is 0. The van der Waals surface area contributed by atoms with Gasteiger partial charge in [-0.15, -0.1) is 0 Å². The average Bonchev–Trinajstić information content (AvgIpc) is 0.722. The van der Waals surface area contributed by atoms with Crippen molar-refractivity contribution in [3.63, 3.8) is 0 Å². The van der Waals surface area contributed by atoms with Crippen LogP contribution in [0.1, 0.15) is 0 Å². The minimum atomic E-state index is -5.39. The standard InChI is InChI=1S/Fe.2Li.Mn.Ni.H3O4P.O/c;;;;;1-5(2,3)4;/h;;;;;(H3,1,2,3,4);/q+2;2*+1;2*+2;;-2/p-3. The van der Waals surface area contributed by atoms with Gasteiger partial charge < -0.3 is 24.7 Å². The van der Waals surface area contributed by atoms with Crippen molar-refractivity contribution >= 4 is 7.82 Å². The molecular weight excluding hydrogens is 294 g/mol. The first-order valence-corrected chi connectivity index (χ1v) is 2.19. The molecule has 1 radical (unpaired) electrons. The maximum Gasteiger partial charge on any atom is 2.00 e. The van der Waals surface area contributed by atoms with Crippen LogP contribution >= 0.6 is 7.82 Å². The van der Waals surface area contributed by atoms with E-state index in [-0.39, 0.29) is 93.8 Å². The summed E-state index contributed by atoms with van der Waals surface area (Å²) in [6.45, 7) is 0. The second-order valence-corrected chi connectivity index (χ2v) is 1.34. The fourth-order valence-electron chi connectivity index (χ4n) is 0. The van der Waals surface area contributed by atoms with Crippen molar-refractivity contribution in [3.05, 3.63) is 0 Å². The summed E-state index contributed by atoms with van der Waals surface area (Å²) in [6, 6.07) is 0. The number of phosphoric acid groups is 1. The van der Waals surface area contributed by atoms with E-state index in [1.807, 2.05) is 0 Å². The van der Waals surface area contributed by atoms with E-state index in [1.165, 1.54) is 0 Å². The van der Waals surface area contributed by atoms with E-state index in [0.717, 1.165) is 0 Å². The first-order valence-electron chi connectivity index (χ1n) is 0.730. The molecule has 0 rings (SSSR count). The van der Waals surface area contributed by atoms with Gasteiger partial charge in [0, 0.05) is 0 Å². The zero-order valence-electron chi connectivity index (χ0n) is 5.54. The quantitative estimate of drug-likeness (QED) is 0.326. The number of hydrogen-bond donors (Lipinski definition) is 0. The zero-order valence-corrected chi connectivity index (χ0v) is 9.70. The Balaban J connectivity index is -0.00000000533. The Morgan fingerprint density at radius 2 is 1.00 bits per heavy atom. The Hall–Kier alpha value is 2.80. The van der Waals surface area contributed by atoms with Crippen molar-refractivity contribution in [1.29, 1.82) is 0 Å². The Morgan fingerprint density at radius 1 is 1.00 bits per heavy atom. The first kappa shape index (κ1) is 48.9. The largest absolute Gasteiger partial charge is 2.00 e. The van der Waals surface area contributed by atoms with Gasteiger partial charge in [-0.2, -0.15) is 7.82 Å². The molecule has 0 atom stereocenters. The minimum Gasteiger partial charge on any atom is -2.00 e. The third-order valence-corrected chi connectivity index (χ3v) is 0. The Morgan fingerprint density at radius 3 is 1.00 bits per heavy atom. The molecule has 0 N–H and O–H groups in total. The van der Waals surface area contributed by atoms with Gasteiger partial charge in [-0.3, -0.25) is 0 Å². The summed E-state index contributed by atoms with van der Waals surface area (Å²) in [5.41, 5.74) is 0. The molecule has 0 saturated heterocycles. The smallest absolute Gasteiger partial charge is 2.00 e. The zero-order chi connectivity index (χ0) is 4.50. The topological polar surface area (TPSA) is 115 Å². The van der Waals surface area contributed by atoms with Crippen molar-refractivity contribution in [2.24, 2.45) is 0 Å². The molecule has 0 unspecified atom stereocenters. The average molecular weight is 294 g/mol. The maximum absolute atomic E-state index is 8.55. The van der Waals surface area contributed by atoms with E-state index in [4.69, 9.17) is 19.2 Å². The first-order chi connectivity index (χ1) is 2.00. The fraction of sp³-hybridized carbons (Fsp3) is 0. The van der Waals surface area contributed by atoms with Crippen molar-refractivity contribution < 1.29 is 113 Å². The SMILES string of the molecule is O=P([O-])([O-])[O-].[Fe+2].[Li+].[Li+].[Mn+2].[Ni+2].[O-2]. The molecule has 0 bridgehead atoms. The summed E-state index contributed by atoms with van der Waals surface area (Å²) in [6.07, 6.45) is 0. The van der Waals surface area contributed by atoms with Gasteiger partial charge in [0.15, 0.2) is 0 Å². The van der Waals surface area contributed by atoms with Gasteiger partial charge in [-0.1, -0.05) is 0 Å². The van der Waals surface area contributed by atoms with Crippen LogP contribution in [0.5, 0.6) is 0 Å². The minimum absolute atomic E-state index is 0. The van der Waals surface area contributed by atoms with Crippen molar-refractivity contribution in [2.45, 2.75) is 0 Å². The van der Waals surface area contributed by atoms with Gasteiger partial charge in [-0.05, 0) is 0 Å². The van der Waals surface area contributed by atoms with Crippen LogP contribution in [-0.4, -0.2) is 0 Å². The number of rotatable bonds is 0. The monoisotopic (exact) mass is 294 g/mol. The summed E-state index contributed by atoms with van der Waals surface area (Å²) in [5.74, 6) is 0. The van der Waals surface area contributed by atoms with Crippen LogP contribution in [0.15, 0.2) is 0 Å². The van der Waals surface area contributed by atoms with Gasteiger partial charge in [0.2, 0.25) is 0 Å².